The highest BCUT2D eigenvalue weighted by Gasteiger charge is 2.38. The number of aryl methyl sites for hydroxylation is 1. The first kappa shape index (κ1) is 11.1. The predicted octanol–water partition coefficient (Wildman–Crippen LogP) is 1.81. The first-order valence-corrected chi connectivity index (χ1v) is 5.70. The van der Waals surface area contributed by atoms with E-state index in [0.29, 0.717) is 6.54 Å². The van der Waals surface area contributed by atoms with Crippen molar-refractivity contribution in [2.24, 2.45) is 5.73 Å². The fourth-order valence-electron chi connectivity index (χ4n) is 2.08. The fourth-order valence-corrected chi connectivity index (χ4v) is 2.08. The third kappa shape index (κ3) is 1.71. The van der Waals surface area contributed by atoms with Crippen LogP contribution < -0.4 is 11.1 Å². The van der Waals surface area contributed by atoms with Crippen molar-refractivity contribution in [3.05, 3.63) is 29.3 Å². The summed E-state index contributed by atoms with van der Waals surface area (Å²) < 4.78 is 0. The number of benzene rings is 1. The predicted molar refractivity (Wildman–Crippen MR) is 65.5 cm³/mol. The molecule has 1 amide bonds. The lowest BCUT2D eigenvalue weighted by Gasteiger charge is -2.15. The molecule has 1 aliphatic heterocycles. The van der Waals surface area contributed by atoms with Gasteiger partial charge in [0.25, 0.3) is 0 Å². The van der Waals surface area contributed by atoms with Gasteiger partial charge in [-0.1, -0.05) is 12.1 Å². The van der Waals surface area contributed by atoms with Gasteiger partial charge in [-0.3, -0.25) is 4.79 Å². The average molecular weight is 218 g/mol. The number of rotatable bonds is 3. The molecule has 3 N–H and O–H groups in total. The van der Waals surface area contributed by atoms with E-state index in [1.165, 1.54) is 5.56 Å². The van der Waals surface area contributed by atoms with E-state index in [4.69, 9.17) is 5.73 Å². The summed E-state index contributed by atoms with van der Waals surface area (Å²) in [6.45, 7) is 4.62. The minimum Gasteiger partial charge on any atom is -0.330 e. The number of carbonyl (C=O) groups is 1. The molecule has 0 aromatic heterocycles. The van der Waals surface area contributed by atoms with Crippen LogP contribution in [0.1, 0.15) is 31.4 Å². The van der Waals surface area contributed by atoms with Gasteiger partial charge < -0.3 is 11.1 Å². The molecule has 0 unspecified atom stereocenters. The van der Waals surface area contributed by atoms with Gasteiger partial charge in [-0.05, 0) is 50.4 Å². The van der Waals surface area contributed by atoms with Gasteiger partial charge >= 0.3 is 0 Å². The fraction of sp³-hybridized carbons (Fsp3) is 0.462. The second-order valence-electron chi connectivity index (χ2n) is 4.85. The Morgan fingerprint density at radius 3 is 2.81 bits per heavy atom. The van der Waals surface area contributed by atoms with Crippen molar-refractivity contribution >= 4 is 11.6 Å². The minimum atomic E-state index is -0.409. The first-order chi connectivity index (χ1) is 7.55. The van der Waals surface area contributed by atoms with E-state index in [9.17, 15) is 4.79 Å². The number of hydrogen-bond donors (Lipinski definition) is 2. The van der Waals surface area contributed by atoms with Crippen molar-refractivity contribution in [1.82, 2.24) is 0 Å². The summed E-state index contributed by atoms with van der Waals surface area (Å²) in [6.07, 6.45) is 1.97. The third-order valence-electron chi connectivity index (χ3n) is 3.24. The van der Waals surface area contributed by atoms with E-state index in [2.05, 4.69) is 17.4 Å². The Labute approximate surface area is 96.0 Å². The van der Waals surface area contributed by atoms with Crippen molar-refractivity contribution in [1.29, 1.82) is 0 Å². The Bertz CT molecular complexity index is 424. The van der Waals surface area contributed by atoms with Crippen LogP contribution in [0.3, 0.4) is 0 Å². The lowest BCUT2D eigenvalue weighted by Crippen LogP contribution is -2.26. The minimum absolute atomic E-state index is 0.0819. The molecule has 0 radical (unpaired) electrons. The maximum absolute atomic E-state index is 11.7. The summed E-state index contributed by atoms with van der Waals surface area (Å²) >= 11 is 0. The summed E-state index contributed by atoms with van der Waals surface area (Å²) in [4.78, 5) is 11.7. The van der Waals surface area contributed by atoms with E-state index in [1.807, 2.05) is 19.9 Å². The van der Waals surface area contributed by atoms with E-state index >= 15 is 0 Å². The summed E-state index contributed by atoms with van der Waals surface area (Å²) in [7, 11) is 0. The van der Waals surface area contributed by atoms with E-state index < -0.39 is 5.41 Å². The van der Waals surface area contributed by atoms with Gasteiger partial charge in [0, 0.05) is 5.69 Å². The van der Waals surface area contributed by atoms with Crippen LogP contribution in [0.2, 0.25) is 0 Å². The van der Waals surface area contributed by atoms with Gasteiger partial charge in [0.1, 0.15) is 0 Å². The number of amides is 1. The second-order valence-corrected chi connectivity index (χ2v) is 4.85. The molecular formula is C13H18N2O. The average Bonchev–Trinajstić information content (AvgIpc) is 2.48. The van der Waals surface area contributed by atoms with Crippen LogP contribution in [0.4, 0.5) is 5.69 Å². The molecule has 0 bridgehead atoms. The zero-order valence-electron chi connectivity index (χ0n) is 9.84. The number of nitrogens with one attached hydrogen (secondary N) is 1. The highest BCUT2D eigenvalue weighted by atomic mass is 16.2. The summed E-state index contributed by atoms with van der Waals surface area (Å²) in [6, 6.07) is 6.19. The molecule has 0 aliphatic carbocycles. The molecule has 1 heterocycles. The molecule has 1 aromatic rings. The topological polar surface area (TPSA) is 55.1 Å². The van der Waals surface area contributed by atoms with Crippen LogP contribution in [0.25, 0.3) is 0 Å². The molecular weight excluding hydrogens is 200 g/mol. The largest absolute Gasteiger partial charge is 0.330 e. The zero-order chi connectivity index (χ0) is 11.8. The SMILES string of the molecule is CC1(C)C(=O)Nc2ccc(CCCN)cc21. The van der Waals surface area contributed by atoms with E-state index in [-0.39, 0.29) is 5.91 Å². The lowest BCUT2D eigenvalue weighted by molar-refractivity contribution is -0.119. The van der Waals surface area contributed by atoms with Crippen molar-refractivity contribution < 1.29 is 4.79 Å². The van der Waals surface area contributed by atoms with E-state index in [0.717, 1.165) is 24.1 Å². The Hall–Kier alpha value is -1.35. The number of nitrogens with two attached hydrogens (primary N) is 1. The molecule has 0 saturated heterocycles. The smallest absolute Gasteiger partial charge is 0.234 e. The van der Waals surface area contributed by atoms with Gasteiger partial charge in [-0.25, -0.2) is 0 Å². The van der Waals surface area contributed by atoms with Gasteiger partial charge in [0.05, 0.1) is 5.41 Å². The van der Waals surface area contributed by atoms with E-state index in [1.54, 1.807) is 0 Å². The standard InChI is InChI=1S/C13H18N2O/c1-13(2)10-8-9(4-3-7-14)5-6-11(10)15-12(13)16/h5-6,8H,3-4,7,14H2,1-2H3,(H,15,16). The maximum Gasteiger partial charge on any atom is 0.234 e. The monoisotopic (exact) mass is 218 g/mol. The Morgan fingerprint density at radius 1 is 1.38 bits per heavy atom. The van der Waals surface area contributed by atoms with Crippen LogP contribution in [0, 0.1) is 0 Å². The van der Waals surface area contributed by atoms with Crippen molar-refractivity contribution in [2.45, 2.75) is 32.1 Å². The highest BCUT2D eigenvalue weighted by molar-refractivity contribution is 6.05. The molecule has 16 heavy (non-hydrogen) atoms. The molecule has 0 saturated carbocycles. The molecule has 1 aromatic carbocycles. The molecule has 2 rings (SSSR count). The first-order valence-electron chi connectivity index (χ1n) is 5.70. The number of anilines is 1. The number of carbonyl (C=O) groups excluding carboxylic acids is 1. The molecule has 0 fully saturated rings. The Morgan fingerprint density at radius 2 is 2.12 bits per heavy atom. The molecule has 86 valence electrons. The summed E-state index contributed by atoms with van der Waals surface area (Å²) in [5, 5.41) is 2.91. The number of fused-ring (bicyclic) bond motifs is 1. The Balaban J connectivity index is 2.33. The van der Waals surface area contributed by atoms with Crippen LogP contribution >= 0.6 is 0 Å². The van der Waals surface area contributed by atoms with Crippen LogP contribution in [0.15, 0.2) is 18.2 Å². The Kier molecular flexibility index (Phi) is 2.72. The van der Waals surface area contributed by atoms with Crippen LogP contribution in [-0.2, 0) is 16.6 Å². The maximum atomic E-state index is 11.7. The lowest BCUT2D eigenvalue weighted by atomic mass is 9.85. The number of hydrogen-bond acceptors (Lipinski definition) is 2. The summed E-state index contributed by atoms with van der Waals surface area (Å²) in [5.74, 6) is 0.0819. The van der Waals surface area contributed by atoms with Gasteiger partial charge in [-0.2, -0.15) is 0 Å². The molecule has 1 aliphatic rings. The van der Waals surface area contributed by atoms with Crippen LogP contribution in [0.5, 0.6) is 0 Å². The molecule has 0 atom stereocenters. The highest BCUT2D eigenvalue weighted by Crippen LogP contribution is 2.37. The van der Waals surface area contributed by atoms with Crippen molar-refractivity contribution in [3.8, 4) is 0 Å². The van der Waals surface area contributed by atoms with Crippen molar-refractivity contribution in [2.75, 3.05) is 11.9 Å². The summed E-state index contributed by atoms with van der Waals surface area (Å²) in [5.41, 5.74) is 8.40. The van der Waals surface area contributed by atoms with Gasteiger partial charge in [0.2, 0.25) is 5.91 Å². The zero-order valence-corrected chi connectivity index (χ0v) is 9.84. The van der Waals surface area contributed by atoms with Crippen molar-refractivity contribution in [3.63, 3.8) is 0 Å². The quantitative estimate of drug-likeness (QED) is 0.813. The molecule has 3 heteroatoms. The van der Waals surface area contributed by atoms with Crippen LogP contribution in [-0.4, -0.2) is 12.5 Å². The van der Waals surface area contributed by atoms with Gasteiger partial charge in [-0.15, -0.1) is 0 Å². The molecule has 3 nitrogen and oxygen atoms in total. The molecule has 0 spiro atoms. The normalized spacial score (nSPS) is 17.1. The second kappa shape index (κ2) is 3.91. The van der Waals surface area contributed by atoms with Gasteiger partial charge in [0.15, 0.2) is 0 Å². The third-order valence-corrected chi connectivity index (χ3v) is 3.24.